The van der Waals surface area contributed by atoms with Gasteiger partial charge < -0.3 is 0 Å². The van der Waals surface area contributed by atoms with E-state index < -0.39 is 0 Å². The van der Waals surface area contributed by atoms with Gasteiger partial charge in [0.1, 0.15) is 0 Å². The number of hydrogen-bond acceptors (Lipinski definition) is 0. The maximum atomic E-state index is 9.50. The van der Waals surface area contributed by atoms with Gasteiger partial charge in [0.25, 0.3) is 0 Å². The highest BCUT2D eigenvalue weighted by Gasteiger charge is 1.85. The summed E-state index contributed by atoms with van der Waals surface area (Å²) in [5, 5.41) is 0. The van der Waals surface area contributed by atoms with Crippen LogP contribution in [0.4, 0.5) is 4.39 Å². The minimum absolute atomic E-state index is 0.500. The van der Waals surface area contributed by atoms with Gasteiger partial charge in [-0.15, -0.1) is 0 Å². The van der Waals surface area contributed by atoms with Gasteiger partial charge in [-0.25, -0.2) is 0 Å². The van der Waals surface area contributed by atoms with Crippen molar-refractivity contribution in [1.82, 2.24) is 0 Å². The molecule has 0 aromatic carbocycles. The second-order valence-electron chi connectivity index (χ2n) is 2.77. The Morgan fingerprint density at radius 3 is 1.18 bits per heavy atom. The highest BCUT2D eigenvalue weighted by molar-refractivity contribution is 4.41. The van der Waals surface area contributed by atoms with E-state index in [0.717, 1.165) is 0 Å². The molecule has 0 aliphatic carbocycles. The second-order valence-corrected chi connectivity index (χ2v) is 2.77. The number of alkyl halides is 1. The molecule has 0 heterocycles. The third-order valence-electron chi connectivity index (χ3n) is 1.71. The average molecular weight is 162 g/mol. The van der Waals surface area contributed by atoms with Gasteiger partial charge in [-0.3, -0.25) is 4.39 Å². The van der Waals surface area contributed by atoms with Crippen LogP contribution in [0.1, 0.15) is 58.8 Å². The summed E-state index contributed by atoms with van der Waals surface area (Å²) < 4.78 is 9.50. The normalized spacial score (nSPS) is 8.73. The largest absolute Gasteiger partial charge is 0.255 e. The number of unbranched alkanes of at least 4 members (excludes halogenated alkanes) is 6. The Morgan fingerprint density at radius 1 is 0.636 bits per heavy atom. The maximum absolute atomic E-state index is 9.50. The van der Waals surface area contributed by atoms with Crippen molar-refractivity contribution in [1.29, 1.82) is 0 Å². The standard InChI is InChI=1S/C9H20.CH3F/c1-3-5-7-9-8-6-4-2;1-2/h3-9H2,1-2H3;1H3. The van der Waals surface area contributed by atoms with E-state index in [1.165, 1.54) is 44.9 Å². The van der Waals surface area contributed by atoms with Crippen LogP contribution in [0, 0.1) is 0 Å². The lowest BCUT2D eigenvalue weighted by Crippen LogP contribution is -1.76. The second kappa shape index (κ2) is 16.5. The van der Waals surface area contributed by atoms with E-state index in [1.807, 2.05) is 0 Å². The van der Waals surface area contributed by atoms with Gasteiger partial charge in [-0.1, -0.05) is 58.8 Å². The Morgan fingerprint density at radius 2 is 0.909 bits per heavy atom. The molecule has 1 heteroatoms. The Kier molecular flexibility index (Phi) is 20.3. The first-order valence-electron chi connectivity index (χ1n) is 4.79. The fourth-order valence-corrected chi connectivity index (χ4v) is 1.03. The van der Waals surface area contributed by atoms with Crippen LogP contribution in [-0.2, 0) is 0 Å². The Hall–Kier alpha value is -0.0700. The van der Waals surface area contributed by atoms with Crippen LogP contribution >= 0.6 is 0 Å². The van der Waals surface area contributed by atoms with E-state index in [1.54, 1.807) is 0 Å². The molecule has 0 N–H and O–H groups in total. The topological polar surface area (TPSA) is 0 Å². The molecule has 0 saturated heterocycles. The Labute approximate surface area is 71.2 Å². The monoisotopic (exact) mass is 162 g/mol. The van der Waals surface area contributed by atoms with Crippen LogP contribution in [0.15, 0.2) is 0 Å². The molecule has 70 valence electrons. The van der Waals surface area contributed by atoms with E-state index in [4.69, 9.17) is 0 Å². The molecule has 0 aliphatic heterocycles. The average Bonchev–Trinajstić information content (AvgIpc) is 2.08. The number of halogens is 1. The van der Waals surface area contributed by atoms with Crippen LogP contribution in [0.25, 0.3) is 0 Å². The smallest absolute Gasteiger partial charge is 0.0785 e. The highest BCUT2D eigenvalue weighted by Crippen LogP contribution is 2.05. The van der Waals surface area contributed by atoms with E-state index in [-0.39, 0.29) is 0 Å². The van der Waals surface area contributed by atoms with Crippen LogP contribution in [0.5, 0.6) is 0 Å². The van der Waals surface area contributed by atoms with E-state index in [0.29, 0.717) is 7.18 Å². The number of hydrogen-bond donors (Lipinski definition) is 0. The van der Waals surface area contributed by atoms with Crippen molar-refractivity contribution < 1.29 is 4.39 Å². The lowest BCUT2D eigenvalue weighted by atomic mass is 10.1. The van der Waals surface area contributed by atoms with E-state index in [2.05, 4.69) is 13.8 Å². The molecule has 0 aliphatic rings. The molecule has 0 rings (SSSR count). The lowest BCUT2D eigenvalue weighted by Gasteiger charge is -1.96. The van der Waals surface area contributed by atoms with Crippen molar-refractivity contribution in [2.75, 3.05) is 7.18 Å². The van der Waals surface area contributed by atoms with Crippen LogP contribution in [0.3, 0.4) is 0 Å². The summed E-state index contributed by atoms with van der Waals surface area (Å²) in [6, 6.07) is 0. The molecular formula is C10H23F. The van der Waals surface area contributed by atoms with E-state index in [9.17, 15) is 4.39 Å². The summed E-state index contributed by atoms with van der Waals surface area (Å²) in [5.41, 5.74) is 0. The first kappa shape index (κ1) is 13.5. The maximum Gasteiger partial charge on any atom is 0.0785 e. The van der Waals surface area contributed by atoms with Gasteiger partial charge in [-0.05, 0) is 0 Å². The molecule has 0 atom stereocenters. The Balaban J connectivity index is 0. The first-order chi connectivity index (χ1) is 5.41. The molecule has 0 bridgehead atoms. The summed E-state index contributed by atoms with van der Waals surface area (Å²) >= 11 is 0. The lowest BCUT2D eigenvalue weighted by molar-refractivity contribution is 0.602. The van der Waals surface area contributed by atoms with Crippen molar-refractivity contribution in [2.24, 2.45) is 0 Å². The summed E-state index contributed by atoms with van der Waals surface area (Å²) in [5.74, 6) is 0. The van der Waals surface area contributed by atoms with Gasteiger partial charge in [0.05, 0.1) is 7.18 Å². The fourth-order valence-electron chi connectivity index (χ4n) is 1.03. The van der Waals surface area contributed by atoms with Crippen molar-refractivity contribution in [2.45, 2.75) is 58.8 Å². The summed E-state index contributed by atoms with van der Waals surface area (Å²) in [7, 11) is 0.500. The third kappa shape index (κ3) is 17.8. The van der Waals surface area contributed by atoms with Crippen molar-refractivity contribution in [3.63, 3.8) is 0 Å². The van der Waals surface area contributed by atoms with Gasteiger partial charge >= 0.3 is 0 Å². The van der Waals surface area contributed by atoms with Crippen molar-refractivity contribution in [3.05, 3.63) is 0 Å². The minimum atomic E-state index is 0.500. The van der Waals surface area contributed by atoms with Crippen LogP contribution in [0.2, 0.25) is 0 Å². The van der Waals surface area contributed by atoms with Crippen molar-refractivity contribution >= 4 is 0 Å². The molecule has 0 unspecified atom stereocenters. The molecule has 0 amide bonds. The molecule has 0 aromatic rings. The zero-order chi connectivity index (χ0) is 8.95. The fraction of sp³-hybridized carbons (Fsp3) is 1.00. The third-order valence-corrected chi connectivity index (χ3v) is 1.71. The molecule has 11 heavy (non-hydrogen) atoms. The zero-order valence-electron chi connectivity index (χ0n) is 8.33. The van der Waals surface area contributed by atoms with Gasteiger partial charge in [-0.2, -0.15) is 0 Å². The molecule has 0 spiro atoms. The molecule has 0 radical (unpaired) electrons. The van der Waals surface area contributed by atoms with E-state index >= 15 is 0 Å². The van der Waals surface area contributed by atoms with Gasteiger partial charge in [0, 0.05) is 0 Å². The van der Waals surface area contributed by atoms with Gasteiger partial charge in [0.15, 0.2) is 0 Å². The summed E-state index contributed by atoms with van der Waals surface area (Å²) in [6.07, 6.45) is 9.97. The SMILES string of the molecule is CCCCCCCCC.CF. The molecule has 0 aromatic heterocycles. The quantitative estimate of drug-likeness (QED) is 0.509. The predicted octanol–water partition coefficient (Wildman–Crippen LogP) is 4.34. The molecule has 0 saturated carbocycles. The Bertz CT molecular complexity index is 38.1. The predicted molar refractivity (Wildman–Crippen MR) is 50.7 cm³/mol. The molecule has 0 nitrogen and oxygen atoms in total. The van der Waals surface area contributed by atoms with Gasteiger partial charge in [0.2, 0.25) is 0 Å². The summed E-state index contributed by atoms with van der Waals surface area (Å²) in [6.45, 7) is 4.53. The molecular weight excluding hydrogens is 139 g/mol. The molecule has 0 fully saturated rings. The zero-order valence-corrected chi connectivity index (χ0v) is 8.33. The first-order valence-corrected chi connectivity index (χ1v) is 4.79. The highest BCUT2D eigenvalue weighted by atomic mass is 19.1. The minimum Gasteiger partial charge on any atom is -0.255 e. The van der Waals surface area contributed by atoms with Crippen LogP contribution < -0.4 is 0 Å². The van der Waals surface area contributed by atoms with Crippen LogP contribution in [-0.4, -0.2) is 7.18 Å². The van der Waals surface area contributed by atoms with Crippen molar-refractivity contribution in [3.8, 4) is 0 Å². The summed E-state index contributed by atoms with van der Waals surface area (Å²) in [4.78, 5) is 0. The number of rotatable bonds is 6.